The molecule has 2 aromatic rings. The van der Waals surface area contributed by atoms with E-state index < -0.39 is 17.7 Å². The van der Waals surface area contributed by atoms with Crippen LogP contribution in [-0.4, -0.2) is 19.3 Å². The lowest BCUT2D eigenvalue weighted by Crippen LogP contribution is -2.09. The van der Waals surface area contributed by atoms with Crippen molar-refractivity contribution in [3.63, 3.8) is 0 Å². The molecular weight excluding hydrogens is 311 g/mol. The number of hydrogen-bond donors (Lipinski definition) is 0. The van der Waals surface area contributed by atoms with Gasteiger partial charge in [-0.1, -0.05) is 0 Å². The lowest BCUT2D eigenvalue weighted by molar-refractivity contribution is -0.137. The molecule has 0 atom stereocenters. The van der Waals surface area contributed by atoms with Gasteiger partial charge in [0, 0.05) is 0 Å². The van der Waals surface area contributed by atoms with Crippen LogP contribution in [0.1, 0.15) is 5.56 Å². The molecule has 0 unspecified atom stereocenters. The van der Waals surface area contributed by atoms with Crippen molar-refractivity contribution >= 4 is 17.9 Å². The zero-order chi connectivity index (χ0) is 16.9. The van der Waals surface area contributed by atoms with Gasteiger partial charge in [-0.05, 0) is 48.5 Å². The monoisotopic (exact) mass is 323 g/mol. The van der Waals surface area contributed by atoms with Gasteiger partial charge in [0.15, 0.2) is 0 Å². The maximum atomic E-state index is 12.4. The minimum Gasteiger partial charge on any atom is -0.497 e. The Morgan fingerprint density at radius 2 is 1.57 bits per heavy atom. The molecule has 2 aromatic carbocycles. The number of halogens is 3. The molecule has 0 saturated heterocycles. The second-order valence-electron chi connectivity index (χ2n) is 4.40. The second-order valence-corrected chi connectivity index (χ2v) is 4.40. The minimum absolute atomic E-state index is 0.00387. The smallest absolute Gasteiger partial charge is 0.416 e. The predicted octanol–water partition coefficient (Wildman–Crippen LogP) is 4.02. The Bertz CT molecular complexity index is 692. The van der Waals surface area contributed by atoms with Crippen LogP contribution in [0.15, 0.2) is 53.5 Å². The predicted molar refractivity (Wildman–Crippen MR) is 78.2 cm³/mol. The standard InChI is InChI=1S/C16H12F3NO3/c1-22-13-8-4-12(5-9-13)20-10-15(21)23-14-6-2-11(3-7-14)16(17,18)19/h2-10H,1H3. The SMILES string of the molecule is COc1ccc(N=CC(=O)Oc2ccc(C(F)(F)F)cc2)cc1. The molecule has 0 N–H and O–H groups in total. The number of alkyl halides is 3. The molecule has 0 aliphatic carbocycles. The van der Waals surface area contributed by atoms with Crippen LogP contribution >= 0.6 is 0 Å². The van der Waals surface area contributed by atoms with Crippen molar-refractivity contribution in [2.24, 2.45) is 4.99 Å². The summed E-state index contributed by atoms with van der Waals surface area (Å²) in [6, 6.07) is 10.4. The third-order valence-corrected chi connectivity index (χ3v) is 2.79. The number of nitrogens with zero attached hydrogens (tertiary/aromatic N) is 1. The second kappa shape index (κ2) is 6.95. The first-order chi connectivity index (χ1) is 10.9. The zero-order valence-electron chi connectivity index (χ0n) is 12.0. The van der Waals surface area contributed by atoms with Gasteiger partial charge in [0.25, 0.3) is 0 Å². The molecule has 120 valence electrons. The molecule has 0 heterocycles. The van der Waals surface area contributed by atoms with Gasteiger partial charge in [-0.3, -0.25) is 0 Å². The van der Waals surface area contributed by atoms with Crippen molar-refractivity contribution in [3.05, 3.63) is 54.1 Å². The Hall–Kier alpha value is -2.83. The Kier molecular flexibility index (Phi) is 5.00. The van der Waals surface area contributed by atoms with Crippen LogP contribution in [-0.2, 0) is 11.0 Å². The summed E-state index contributed by atoms with van der Waals surface area (Å²) in [5, 5.41) is 0. The van der Waals surface area contributed by atoms with Crippen LogP contribution in [0, 0.1) is 0 Å². The molecule has 7 heteroatoms. The van der Waals surface area contributed by atoms with Gasteiger partial charge in [-0.25, -0.2) is 9.79 Å². The summed E-state index contributed by atoms with van der Waals surface area (Å²) in [5.41, 5.74) is -0.306. The lowest BCUT2D eigenvalue weighted by Gasteiger charge is -2.07. The van der Waals surface area contributed by atoms with Gasteiger partial charge in [0.2, 0.25) is 0 Å². The number of carbonyl (C=O) groups excluding carboxylic acids is 1. The van der Waals surface area contributed by atoms with Crippen molar-refractivity contribution in [1.82, 2.24) is 0 Å². The molecular formula is C16H12F3NO3. The molecule has 0 spiro atoms. The number of esters is 1. The van der Waals surface area contributed by atoms with Crippen molar-refractivity contribution in [2.75, 3.05) is 7.11 Å². The van der Waals surface area contributed by atoms with Gasteiger partial charge in [0.1, 0.15) is 17.7 Å². The van der Waals surface area contributed by atoms with Crippen molar-refractivity contribution < 1.29 is 27.4 Å². The fraction of sp³-hybridized carbons (Fsp3) is 0.125. The highest BCUT2D eigenvalue weighted by atomic mass is 19.4. The van der Waals surface area contributed by atoms with E-state index in [1.54, 1.807) is 24.3 Å². The molecule has 2 rings (SSSR count). The summed E-state index contributed by atoms with van der Waals surface area (Å²) in [6.45, 7) is 0. The molecule has 0 fully saturated rings. The van der Waals surface area contributed by atoms with E-state index in [9.17, 15) is 18.0 Å². The first-order valence-corrected chi connectivity index (χ1v) is 6.45. The van der Waals surface area contributed by atoms with E-state index in [-0.39, 0.29) is 5.75 Å². The molecule has 0 amide bonds. The summed E-state index contributed by atoms with van der Waals surface area (Å²) in [4.78, 5) is 15.5. The van der Waals surface area contributed by atoms with Gasteiger partial charge in [-0.15, -0.1) is 0 Å². The average Bonchev–Trinajstić information content (AvgIpc) is 2.53. The van der Waals surface area contributed by atoms with Gasteiger partial charge in [-0.2, -0.15) is 13.2 Å². The number of methoxy groups -OCH3 is 1. The molecule has 0 bridgehead atoms. The van der Waals surface area contributed by atoms with E-state index in [0.29, 0.717) is 11.4 Å². The average molecular weight is 323 g/mol. The molecule has 23 heavy (non-hydrogen) atoms. The first-order valence-electron chi connectivity index (χ1n) is 6.45. The fourth-order valence-corrected chi connectivity index (χ4v) is 1.65. The van der Waals surface area contributed by atoms with Crippen LogP contribution < -0.4 is 9.47 Å². The van der Waals surface area contributed by atoms with Crippen molar-refractivity contribution in [1.29, 1.82) is 0 Å². The third kappa shape index (κ3) is 4.84. The Morgan fingerprint density at radius 1 is 1.00 bits per heavy atom. The lowest BCUT2D eigenvalue weighted by atomic mass is 10.2. The summed E-state index contributed by atoms with van der Waals surface area (Å²) in [6.07, 6.45) is -3.49. The number of ether oxygens (including phenoxy) is 2. The summed E-state index contributed by atoms with van der Waals surface area (Å²) < 4.78 is 47.1. The maximum Gasteiger partial charge on any atom is 0.416 e. The number of hydrogen-bond acceptors (Lipinski definition) is 4. The molecule has 0 aromatic heterocycles. The summed E-state index contributed by atoms with van der Waals surface area (Å²) in [5.74, 6) is -0.138. The van der Waals surface area contributed by atoms with E-state index in [1.165, 1.54) is 7.11 Å². The number of rotatable bonds is 4. The Morgan fingerprint density at radius 3 is 2.09 bits per heavy atom. The number of benzene rings is 2. The van der Waals surface area contributed by atoms with E-state index in [4.69, 9.17) is 9.47 Å². The number of aliphatic imine (C=N–C) groups is 1. The molecule has 0 radical (unpaired) electrons. The Balaban J connectivity index is 1.97. The largest absolute Gasteiger partial charge is 0.497 e. The van der Waals surface area contributed by atoms with Gasteiger partial charge >= 0.3 is 12.1 Å². The topological polar surface area (TPSA) is 47.9 Å². The van der Waals surface area contributed by atoms with Crippen LogP contribution in [0.25, 0.3) is 0 Å². The molecule has 0 aliphatic heterocycles. The Labute approximate surface area is 130 Å². The van der Waals surface area contributed by atoms with E-state index >= 15 is 0 Å². The van der Waals surface area contributed by atoms with Crippen LogP contribution in [0.3, 0.4) is 0 Å². The van der Waals surface area contributed by atoms with Crippen LogP contribution in [0.5, 0.6) is 11.5 Å². The van der Waals surface area contributed by atoms with Crippen molar-refractivity contribution in [2.45, 2.75) is 6.18 Å². The minimum atomic E-state index is -4.43. The molecule has 0 saturated carbocycles. The summed E-state index contributed by atoms with van der Waals surface area (Å²) in [7, 11) is 1.53. The zero-order valence-corrected chi connectivity index (χ0v) is 12.0. The highest BCUT2D eigenvalue weighted by Crippen LogP contribution is 2.30. The molecule has 4 nitrogen and oxygen atoms in total. The van der Waals surface area contributed by atoms with E-state index in [0.717, 1.165) is 30.5 Å². The van der Waals surface area contributed by atoms with E-state index in [1.807, 2.05) is 0 Å². The highest BCUT2D eigenvalue weighted by Gasteiger charge is 2.30. The van der Waals surface area contributed by atoms with Gasteiger partial charge < -0.3 is 9.47 Å². The van der Waals surface area contributed by atoms with Crippen LogP contribution in [0.4, 0.5) is 18.9 Å². The van der Waals surface area contributed by atoms with Crippen LogP contribution in [0.2, 0.25) is 0 Å². The maximum absolute atomic E-state index is 12.4. The van der Waals surface area contributed by atoms with E-state index in [2.05, 4.69) is 4.99 Å². The van der Waals surface area contributed by atoms with Crippen molar-refractivity contribution in [3.8, 4) is 11.5 Å². The highest BCUT2D eigenvalue weighted by molar-refractivity contribution is 6.24. The number of carbonyl (C=O) groups is 1. The summed E-state index contributed by atoms with van der Waals surface area (Å²) >= 11 is 0. The fourth-order valence-electron chi connectivity index (χ4n) is 1.65. The third-order valence-electron chi connectivity index (χ3n) is 2.79. The normalized spacial score (nSPS) is 11.5. The molecule has 0 aliphatic rings. The quantitative estimate of drug-likeness (QED) is 0.485. The first kappa shape index (κ1) is 16.5. The van der Waals surface area contributed by atoms with Gasteiger partial charge in [0.05, 0.1) is 18.4 Å².